The minimum Gasteiger partial charge on any atom is -0.479 e. The zero-order chi connectivity index (χ0) is 13.5. The van der Waals surface area contributed by atoms with Gasteiger partial charge in [0.15, 0.2) is 5.58 Å². The second kappa shape index (κ2) is 4.26. The molecule has 1 aliphatic rings. The lowest BCUT2D eigenvalue weighted by molar-refractivity contribution is -0.143. The predicted molar refractivity (Wildman–Crippen MR) is 71.2 cm³/mol. The minimum atomic E-state index is -0.874. The molecule has 0 amide bonds. The van der Waals surface area contributed by atoms with Crippen LogP contribution in [0.2, 0.25) is 0 Å². The number of carboxylic acid groups (broad SMARTS) is 1. The van der Waals surface area contributed by atoms with E-state index in [0.29, 0.717) is 31.0 Å². The lowest BCUT2D eigenvalue weighted by Crippen LogP contribution is -2.50. The maximum Gasteiger partial charge on any atom is 0.329 e. The highest BCUT2D eigenvalue weighted by atomic mass is 16.4. The van der Waals surface area contributed by atoms with Crippen LogP contribution in [-0.2, 0) is 4.79 Å². The molecule has 1 N–H and O–H groups in total. The highest BCUT2D eigenvalue weighted by molar-refractivity contribution is 5.84. The summed E-state index contributed by atoms with van der Waals surface area (Å²) < 4.78 is 5.71. The number of aromatic nitrogens is 1. The van der Waals surface area contributed by atoms with Gasteiger partial charge in [-0.1, -0.05) is 19.1 Å². The molecule has 1 unspecified atom stereocenters. The van der Waals surface area contributed by atoms with Crippen LogP contribution in [-0.4, -0.2) is 28.1 Å². The quantitative estimate of drug-likeness (QED) is 0.919. The molecule has 1 saturated heterocycles. The van der Waals surface area contributed by atoms with E-state index in [1.54, 1.807) is 4.90 Å². The number of hydrogen-bond donors (Lipinski definition) is 1. The summed E-state index contributed by atoms with van der Waals surface area (Å²) in [5.41, 5.74) is 0.584. The summed E-state index contributed by atoms with van der Waals surface area (Å²) in [6, 6.07) is 7.90. The van der Waals surface area contributed by atoms with Crippen molar-refractivity contribution < 1.29 is 14.3 Å². The van der Waals surface area contributed by atoms with Crippen molar-refractivity contribution in [1.29, 1.82) is 0 Å². The standard InChI is InChI=1S/C14H16N2O3/c1-2-14(12(17)18)8-5-9-16(14)13-15-10-6-3-4-7-11(10)19-13/h3-4,6-7H,2,5,8-9H2,1H3,(H,17,18). The van der Waals surface area contributed by atoms with E-state index in [0.717, 1.165) is 11.9 Å². The normalized spacial score (nSPS) is 23.1. The zero-order valence-electron chi connectivity index (χ0n) is 10.8. The first kappa shape index (κ1) is 12.0. The molecular formula is C14H16N2O3. The number of fused-ring (bicyclic) bond motifs is 1. The first-order chi connectivity index (χ1) is 9.17. The smallest absolute Gasteiger partial charge is 0.329 e. The maximum absolute atomic E-state index is 11.6. The van der Waals surface area contributed by atoms with Gasteiger partial charge in [-0.05, 0) is 31.4 Å². The molecule has 3 rings (SSSR count). The van der Waals surface area contributed by atoms with E-state index in [1.165, 1.54) is 0 Å². The first-order valence-corrected chi connectivity index (χ1v) is 6.54. The Labute approximate surface area is 110 Å². The average Bonchev–Trinajstić information content (AvgIpc) is 3.02. The fourth-order valence-electron chi connectivity index (χ4n) is 2.87. The molecule has 0 saturated carbocycles. The van der Waals surface area contributed by atoms with Crippen molar-refractivity contribution in [3.63, 3.8) is 0 Å². The van der Waals surface area contributed by atoms with Gasteiger partial charge in [0.1, 0.15) is 11.1 Å². The van der Waals surface area contributed by atoms with E-state index in [-0.39, 0.29) is 0 Å². The fourth-order valence-corrected chi connectivity index (χ4v) is 2.87. The van der Waals surface area contributed by atoms with Crippen LogP contribution >= 0.6 is 0 Å². The van der Waals surface area contributed by atoms with Crippen LogP contribution in [0.3, 0.4) is 0 Å². The van der Waals surface area contributed by atoms with E-state index < -0.39 is 11.5 Å². The van der Waals surface area contributed by atoms with Crippen LogP contribution in [0, 0.1) is 0 Å². The Balaban J connectivity index is 2.07. The molecule has 0 spiro atoms. The number of carbonyl (C=O) groups is 1. The van der Waals surface area contributed by atoms with Crippen molar-refractivity contribution in [2.45, 2.75) is 31.7 Å². The van der Waals surface area contributed by atoms with Crippen molar-refractivity contribution in [2.75, 3.05) is 11.4 Å². The highest BCUT2D eigenvalue weighted by Crippen LogP contribution is 2.37. The van der Waals surface area contributed by atoms with Gasteiger partial charge in [0.05, 0.1) is 0 Å². The number of benzene rings is 1. The van der Waals surface area contributed by atoms with Gasteiger partial charge in [0.2, 0.25) is 0 Å². The number of aliphatic carboxylic acids is 1. The fraction of sp³-hybridized carbons (Fsp3) is 0.429. The van der Waals surface area contributed by atoms with Crippen molar-refractivity contribution in [2.24, 2.45) is 0 Å². The number of hydrogen-bond acceptors (Lipinski definition) is 4. The Morgan fingerprint density at radius 2 is 2.32 bits per heavy atom. The topological polar surface area (TPSA) is 66.6 Å². The van der Waals surface area contributed by atoms with Crippen LogP contribution < -0.4 is 4.90 Å². The second-order valence-corrected chi connectivity index (χ2v) is 4.91. The summed E-state index contributed by atoms with van der Waals surface area (Å²) in [6.07, 6.45) is 2.03. The molecule has 1 aliphatic heterocycles. The molecule has 0 aliphatic carbocycles. The van der Waals surface area contributed by atoms with Gasteiger partial charge in [-0.15, -0.1) is 0 Å². The molecule has 100 valence electrons. The van der Waals surface area contributed by atoms with Gasteiger partial charge in [-0.2, -0.15) is 4.98 Å². The summed E-state index contributed by atoms with van der Waals surface area (Å²) in [4.78, 5) is 17.9. The van der Waals surface area contributed by atoms with Crippen molar-refractivity contribution in [1.82, 2.24) is 4.98 Å². The molecule has 1 fully saturated rings. The third kappa shape index (κ3) is 1.69. The van der Waals surface area contributed by atoms with Crippen molar-refractivity contribution >= 4 is 23.1 Å². The van der Waals surface area contributed by atoms with E-state index in [4.69, 9.17) is 4.42 Å². The summed E-state index contributed by atoms with van der Waals surface area (Å²) in [6.45, 7) is 2.57. The second-order valence-electron chi connectivity index (χ2n) is 4.91. The number of para-hydroxylation sites is 2. The van der Waals surface area contributed by atoms with Gasteiger partial charge in [0, 0.05) is 6.54 Å². The zero-order valence-corrected chi connectivity index (χ0v) is 10.8. The van der Waals surface area contributed by atoms with Gasteiger partial charge >= 0.3 is 5.97 Å². The van der Waals surface area contributed by atoms with Gasteiger partial charge < -0.3 is 14.4 Å². The number of oxazole rings is 1. The molecule has 0 bridgehead atoms. The van der Waals surface area contributed by atoms with Crippen LogP contribution in [0.5, 0.6) is 0 Å². The molecule has 2 aromatic rings. The Hall–Kier alpha value is -2.04. The average molecular weight is 260 g/mol. The monoisotopic (exact) mass is 260 g/mol. The molecular weight excluding hydrogens is 244 g/mol. The maximum atomic E-state index is 11.6. The lowest BCUT2D eigenvalue weighted by Gasteiger charge is -2.32. The molecule has 1 aromatic heterocycles. The molecule has 19 heavy (non-hydrogen) atoms. The summed E-state index contributed by atoms with van der Waals surface area (Å²) in [5, 5.41) is 9.56. The van der Waals surface area contributed by atoms with Gasteiger partial charge in [-0.25, -0.2) is 4.79 Å². The Kier molecular flexibility index (Phi) is 2.69. The van der Waals surface area contributed by atoms with Crippen LogP contribution in [0.25, 0.3) is 11.1 Å². The van der Waals surface area contributed by atoms with Crippen LogP contribution in [0.15, 0.2) is 28.7 Å². The summed E-state index contributed by atoms with van der Waals surface area (Å²) in [7, 11) is 0. The van der Waals surface area contributed by atoms with E-state index in [9.17, 15) is 9.90 Å². The first-order valence-electron chi connectivity index (χ1n) is 6.54. The largest absolute Gasteiger partial charge is 0.479 e. The summed E-state index contributed by atoms with van der Waals surface area (Å²) in [5.74, 6) is -0.797. The van der Waals surface area contributed by atoms with E-state index in [2.05, 4.69) is 4.98 Å². The van der Waals surface area contributed by atoms with Crippen molar-refractivity contribution in [3.05, 3.63) is 24.3 Å². The molecule has 5 heteroatoms. The summed E-state index contributed by atoms with van der Waals surface area (Å²) >= 11 is 0. The molecule has 1 atom stereocenters. The van der Waals surface area contributed by atoms with E-state index in [1.807, 2.05) is 31.2 Å². The number of nitrogens with zero attached hydrogens (tertiary/aromatic N) is 2. The Morgan fingerprint density at radius 1 is 1.53 bits per heavy atom. The number of carboxylic acids is 1. The molecule has 5 nitrogen and oxygen atoms in total. The third-order valence-electron chi connectivity index (χ3n) is 3.99. The minimum absolute atomic E-state index is 0.419. The lowest BCUT2D eigenvalue weighted by atomic mass is 9.93. The molecule has 1 aromatic carbocycles. The van der Waals surface area contributed by atoms with Crippen LogP contribution in [0.4, 0.5) is 6.01 Å². The molecule has 2 heterocycles. The highest BCUT2D eigenvalue weighted by Gasteiger charge is 2.48. The Bertz CT molecular complexity index is 589. The van der Waals surface area contributed by atoms with Gasteiger partial charge in [-0.3, -0.25) is 0 Å². The van der Waals surface area contributed by atoms with E-state index >= 15 is 0 Å². The molecule has 0 radical (unpaired) electrons. The Morgan fingerprint density at radius 3 is 3.00 bits per heavy atom. The number of anilines is 1. The van der Waals surface area contributed by atoms with Gasteiger partial charge in [0.25, 0.3) is 6.01 Å². The SMILES string of the molecule is CCC1(C(=O)O)CCCN1c1nc2ccccc2o1. The third-order valence-corrected chi connectivity index (χ3v) is 3.99. The number of rotatable bonds is 3. The van der Waals surface area contributed by atoms with Crippen molar-refractivity contribution in [3.8, 4) is 0 Å². The predicted octanol–water partition coefficient (Wildman–Crippen LogP) is 2.66. The van der Waals surface area contributed by atoms with Crippen LogP contribution in [0.1, 0.15) is 26.2 Å².